The smallest absolute Gasteiger partial charge is 0.182 e. The van der Waals surface area contributed by atoms with Gasteiger partial charge in [0.1, 0.15) is 0 Å². The zero-order valence-corrected chi connectivity index (χ0v) is 19.0. The minimum Gasteiger partial charge on any atom is -0.290 e. The van der Waals surface area contributed by atoms with Gasteiger partial charge in [0.25, 0.3) is 0 Å². The lowest BCUT2D eigenvalue weighted by Gasteiger charge is -2.45. The Bertz CT molecular complexity index is 868. The molecular weight excluding hydrogens is 352 g/mol. The van der Waals surface area contributed by atoms with Crippen LogP contribution in [0, 0.1) is 11.3 Å². The SMILES string of the molecule is C=CC1=C2C(CC2(C)C)C(C(=O)/C=C(\CC)c2ccccc2)=C1.CCC=C(C)C. The van der Waals surface area contributed by atoms with Crippen molar-refractivity contribution in [3.05, 3.63) is 89.1 Å². The average molecular weight is 389 g/mol. The number of fused-ring (bicyclic) bond motifs is 1. The Kier molecular flexibility index (Phi) is 7.79. The van der Waals surface area contributed by atoms with Crippen LogP contribution in [0.3, 0.4) is 0 Å². The van der Waals surface area contributed by atoms with Crippen LogP contribution >= 0.6 is 0 Å². The number of hydrogen-bond acceptors (Lipinski definition) is 1. The molecule has 2 aliphatic carbocycles. The Hall–Kier alpha value is -2.41. The highest BCUT2D eigenvalue weighted by Gasteiger charge is 2.48. The molecule has 3 rings (SSSR count). The van der Waals surface area contributed by atoms with E-state index in [-0.39, 0.29) is 11.2 Å². The molecule has 0 aliphatic heterocycles. The number of hydrogen-bond donors (Lipinski definition) is 0. The average Bonchev–Trinajstić information content (AvgIpc) is 3.01. The molecule has 0 spiro atoms. The zero-order chi connectivity index (χ0) is 21.6. The molecule has 1 saturated carbocycles. The summed E-state index contributed by atoms with van der Waals surface area (Å²) in [6, 6.07) is 10.2. The molecule has 1 nitrogen and oxygen atoms in total. The van der Waals surface area contributed by atoms with Crippen LogP contribution in [0.5, 0.6) is 0 Å². The van der Waals surface area contributed by atoms with Crippen molar-refractivity contribution in [1.29, 1.82) is 0 Å². The minimum absolute atomic E-state index is 0.153. The highest BCUT2D eigenvalue weighted by atomic mass is 16.1. The summed E-state index contributed by atoms with van der Waals surface area (Å²) in [5.74, 6) is 0.455. The fourth-order valence-corrected chi connectivity index (χ4v) is 4.37. The first-order chi connectivity index (χ1) is 13.7. The maximum atomic E-state index is 12.8. The number of ketones is 1. The summed E-state index contributed by atoms with van der Waals surface area (Å²) in [7, 11) is 0. The standard InChI is InChI=1S/C22H24O.C6H12/c1-5-15(17-10-8-7-9-11-17)13-20(23)18-12-16(6-2)21-19(18)14-22(21,3)4;1-4-5-6(2)3/h6-13,19H,2,5,14H2,1,3-4H3;5H,4H2,1-3H3/b15-13+;. The molecule has 0 amide bonds. The van der Waals surface area contributed by atoms with Gasteiger partial charge in [0, 0.05) is 11.5 Å². The number of allylic oxidation sites excluding steroid dienone is 9. The topological polar surface area (TPSA) is 17.1 Å². The number of rotatable bonds is 6. The Labute approximate surface area is 177 Å². The molecule has 0 heterocycles. The Morgan fingerprint density at radius 1 is 1.17 bits per heavy atom. The van der Waals surface area contributed by atoms with E-state index >= 15 is 0 Å². The number of carbonyl (C=O) groups is 1. The third kappa shape index (κ3) is 5.35. The van der Waals surface area contributed by atoms with Crippen molar-refractivity contribution < 1.29 is 4.79 Å². The van der Waals surface area contributed by atoms with Gasteiger partial charge < -0.3 is 0 Å². The van der Waals surface area contributed by atoms with Crippen LogP contribution in [0.15, 0.2) is 83.5 Å². The van der Waals surface area contributed by atoms with E-state index in [4.69, 9.17) is 0 Å². The Balaban J connectivity index is 0.000000438. The highest BCUT2D eigenvalue weighted by molar-refractivity contribution is 6.10. The minimum atomic E-state index is 0.153. The maximum absolute atomic E-state index is 12.8. The van der Waals surface area contributed by atoms with Crippen molar-refractivity contribution in [2.45, 2.75) is 60.8 Å². The van der Waals surface area contributed by atoms with Crippen LogP contribution in [-0.2, 0) is 4.79 Å². The summed E-state index contributed by atoms with van der Waals surface area (Å²) in [5.41, 5.74) is 7.33. The van der Waals surface area contributed by atoms with Gasteiger partial charge in [0.05, 0.1) is 0 Å². The van der Waals surface area contributed by atoms with E-state index in [1.54, 1.807) is 0 Å². The van der Waals surface area contributed by atoms with E-state index < -0.39 is 0 Å². The molecule has 29 heavy (non-hydrogen) atoms. The predicted molar refractivity (Wildman–Crippen MR) is 127 cm³/mol. The summed E-state index contributed by atoms with van der Waals surface area (Å²) in [5, 5.41) is 0. The van der Waals surface area contributed by atoms with Crippen molar-refractivity contribution in [3.63, 3.8) is 0 Å². The second kappa shape index (κ2) is 9.87. The molecule has 1 heteroatoms. The first kappa shape index (κ1) is 22.9. The highest BCUT2D eigenvalue weighted by Crippen LogP contribution is 2.58. The van der Waals surface area contributed by atoms with Crippen molar-refractivity contribution in [2.24, 2.45) is 11.3 Å². The van der Waals surface area contributed by atoms with E-state index in [1.165, 1.54) is 17.6 Å². The van der Waals surface area contributed by atoms with Crippen LogP contribution in [0.4, 0.5) is 0 Å². The van der Waals surface area contributed by atoms with Gasteiger partial charge in [-0.15, -0.1) is 0 Å². The van der Waals surface area contributed by atoms with Crippen molar-refractivity contribution >= 4 is 11.4 Å². The van der Waals surface area contributed by atoms with Gasteiger partial charge >= 0.3 is 0 Å². The Morgan fingerprint density at radius 2 is 1.83 bits per heavy atom. The second-order valence-corrected chi connectivity index (χ2v) is 8.76. The second-order valence-electron chi connectivity index (χ2n) is 8.76. The van der Waals surface area contributed by atoms with Gasteiger partial charge in [0.2, 0.25) is 0 Å². The normalized spacial score (nSPS) is 19.3. The molecular formula is C28H36O. The van der Waals surface area contributed by atoms with Gasteiger partial charge in [-0.25, -0.2) is 0 Å². The van der Waals surface area contributed by atoms with E-state index in [0.29, 0.717) is 5.92 Å². The Morgan fingerprint density at radius 3 is 2.24 bits per heavy atom. The van der Waals surface area contributed by atoms with Gasteiger partial charge in [-0.2, -0.15) is 0 Å². The first-order valence-corrected chi connectivity index (χ1v) is 10.8. The number of benzene rings is 1. The van der Waals surface area contributed by atoms with Crippen LogP contribution in [0.1, 0.15) is 66.4 Å². The monoisotopic (exact) mass is 388 g/mol. The van der Waals surface area contributed by atoms with Crippen LogP contribution in [0.25, 0.3) is 5.57 Å². The summed E-state index contributed by atoms with van der Waals surface area (Å²) >= 11 is 0. The first-order valence-electron chi connectivity index (χ1n) is 10.8. The lowest BCUT2D eigenvalue weighted by atomic mass is 9.58. The van der Waals surface area contributed by atoms with E-state index in [0.717, 1.165) is 35.1 Å². The molecule has 1 aromatic carbocycles. The van der Waals surface area contributed by atoms with E-state index in [1.807, 2.05) is 30.4 Å². The summed E-state index contributed by atoms with van der Waals surface area (Å²) in [6.45, 7) is 16.9. The fourth-order valence-electron chi connectivity index (χ4n) is 4.37. The number of carbonyl (C=O) groups excluding carboxylic acids is 1. The molecule has 0 saturated heterocycles. The van der Waals surface area contributed by atoms with Gasteiger partial charge in [0.15, 0.2) is 5.78 Å². The zero-order valence-electron chi connectivity index (χ0n) is 19.0. The summed E-state index contributed by atoms with van der Waals surface area (Å²) in [4.78, 5) is 12.8. The van der Waals surface area contributed by atoms with Gasteiger partial charge in [-0.3, -0.25) is 4.79 Å². The van der Waals surface area contributed by atoms with Crippen molar-refractivity contribution in [2.75, 3.05) is 0 Å². The maximum Gasteiger partial charge on any atom is 0.182 e. The summed E-state index contributed by atoms with van der Waals surface area (Å²) in [6.07, 6.45) is 11.1. The lowest BCUT2D eigenvalue weighted by molar-refractivity contribution is -0.112. The van der Waals surface area contributed by atoms with Crippen molar-refractivity contribution in [1.82, 2.24) is 0 Å². The molecule has 0 N–H and O–H groups in total. The van der Waals surface area contributed by atoms with E-state index in [2.05, 4.69) is 72.4 Å². The fraction of sp³-hybridized carbons (Fsp3) is 0.393. The van der Waals surface area contributed by atoms with Gasteiger partial charge in [-0.05, 0) is 73.0 Å². The lowest BCUT2D eigenvalue weighted by Crippen LogP contribution is -2.36. The quantitative estimate of drug-likeness (QED) is 0.358. The predicted octanol–water partition coefficient (Wildman–Crippen LogP) is 7.88. The molecule has 0 radical (unpaired) electrons. The third-order valence-corrected chi connectivity index (χ3v) is 5.74. The van der Waals surface area contributed by atoms with Crippen LogP contribution in [-0.4, -0.2) is 5.78 Å². The molecule has 1 atom stereocenters. The van der Waals surface area contributed by atoms with Crippen molar-refractivity contribution in [3.8, 4) is 0 Å². The van der Waals surface area contributed by atoms with Crippen LogP contribution in [0.2, 0.25) is 0 Å². The molecule has 1 fully saturated rings. The largest absolute Gasteiger partial charge is 0.290 e. The van der Waals surface area contributed by atoms with Gasteiger partial charge in [-0.1, -0.05) is 82.3 Å². The van der Waals surface area contributed by atoms with Crippen LogP contribution < -0.4 is 0 Å². The molecule has 1 aromatic rings. The molecule has 1 unspecified atom stereocenters. The third-order valence-electron chi connectivity index (χ3n) is 5.74. The molecule has 0 bridgehead atoms. The molecule has 154 valence electrons. The molecule has 0 aromatic heterocycles. The summed E-state index contributed by atoms with van der Waals surface area (Å²) < 4.78 is 0. The van der Waals surface area contributed by atoms with E-state index in [9.17, 15) is 4.79 Å². The molecule has 2 aliphatic rings.